The highest BCUT2D eigenvalue weighted by atomic mass is 127. The molecule has 0 atom stereocenters. The second-order valence-corrected chi connectivity index (χ2v) is 10.7. The minimum Gasteiger partial charge on any atom is -0.459 e. The maximum absolute atomic E-state index is 12.7. The molecule has 0 radical (unpaired) electrons. The third-order valence-electron chi connectivity index (χ3n) is 6.38. The van der Waals surface area contributed by atoms with Gasteiger partial charge in [0.1, 0.15) is 11.3 Å². The molecule has 1 heterocycles. The summed E-state index contributed by atoms with van der Waals surface area (Å²) in [6.45, 7) is 5.92. The minimum atomic E-state index is -0.297. The van der Waals surface area contributed by atoms with E-state index in [-0.39, 0.29) is 12.1 Å². The van der Waals surface area contributed by atoms with E-state index in [1.807, 2.05) is 50.3 Å². The van der Waals surface area contributed by atoms with Crippen LogP contribution in [-0.4, -0.2) is 12.1 Å². The molecule has 0 saturated carbocycles. The van der Waals surface area contributed by atoms with Crippen molar-refractivity contribution in [1.29, 1.82) is 0 Å². The fraction of sp³-hybridized carbons (Fsp3) is 0.182. The maximum atomic E-state index is 12.7. The van der Waals surface area contributed by atoms with Crippen molar-refractivity contribution < 1.29 is 13.9 Å². The molecule has 4 aromatic carbocycles. The van der Waals surface area contributed by atoms with Crippen LogP contribution in [0.1, 0.15) is 54.2 Å². The van der Waals surface area contributed by atoms with E-state index in [0.717, 1.165) is 55.2 Å². The van der Waals surface area contributed by atoms with Crippen LogP contribution in [0, 0.1) is 3.57 Å². The van der Waals surface area contributed by atoms with E-state index >= 15 is 0 Å². The lowest BCUT2D eigenvalue weighted by Crippen LogP contribution is -2.13. The van der Waals surface area contributed by atoms with E-state index in [9.17, 15) is 4.79 Å². The summed E-state index contributed by atoms with van der Waals surface area (Å²) >= 11 is 2.22. The summed E-state index contributed by atoms with van der Waals surface area (Å²) in [5.41, 5.74) is 5.80. The molecule has 37 heavy (non-hydrogen) atoms. The summed E-state index contributed by atoms with van der Waals surface area (Å²) in [5, 5.41) is 3.41. The first-order chi connectivity index (χ1) is 17.9. The second-order valence-electron chi connectivity index (χ2n) is 9.50. The molecule has 5 aromatic rings. The van der Waals surface area contributed by atoms with Crippen LogP contribution < -0.4 is 0 Å². The molecule has 0 amide bonds. The number of furan rings is 1. The van der Waals surface area contributed by atoms with Gasteiger partial charge in [-0.2, -0.15) is 0 Å². The van der Waals surface area contributed by atoms with Crippen LogP contribution in [0.4, 0.5) is 0 Å². The van der Waals surface area contributed by atoms with Crippen LogP contribution in [0.2, 0.25) is 0 Å². The molecular weight excluding hydrogens is 571 g/mol. The van der Waals surface area contributed by atoms with E-state index < -0.39 is 0 Å². The second kappa shape index (κ2) is 10.9. The molecule has 0 aliphatic heterocycles. The number of rotatable bonds is 7. The molecule has 0 aliphatic carbocycles. The molecule has 0 fully saturated rings. The number of benzene rings is 4. The highest BCUT2D eigenvalue weighted by Gasteiger charge is 2.14. The Kier molecular flexibility index (Phi) is 7.47. The van der Waals surface area contributed by atoms with Gasteiger partial charge in [0, 0.05) is 19.9 Å². The Bertz CT molecular complexity index is 1620. The van der Waals surface area contributed by atoms with Crippen molar-refractivity contribution in [1.82, 2.24) is 0 Å². The number of hydrogen-bond donors (Lipinski definition) is 0. The number of fused-ring (bicyclic) bond motifs is 3. The summed E-state index contributed by atoms with van der Waals surface area (Å²) < 4.78 is 12.9. The van der Waals surface area contributed by atoms with Crippen molar-refractivity contribution in [2.24, 2.45) is 0 Å². The molecule has 0 unspecified atom stereocenters. The lowest BCUT2D eigenvalue weighted by atomic mass is 9.97. The number of esters is 1. The van der Waals surface area contributed by atoms with Crippen LogP contribution in [0.15, 0.2) is 83.3 Å². The topological polar surface area (TPSA) is 39.4 Å². The molecule has 4 heteroatoms. The third-order valence-corrected chi connectivity index (χ3v) is 7.05. The van der Waals surface area contributed by atoms with E-state index in [1.54, 1.807) is 0 Å². The first kappa shape index (κ1) is 25.3. The Morgan fingerprint density at radius 3 is 2.49 bits per heavy atom. The molecule has 0 aliphatic rings. The van der Waals surface area contributed by atoms with Gasteiger partial charge in [0.05, 0.1) is 11.7 Å². The number of carbonyl (C=O) groups excluding carboxylic acids is 1. The quantitative estimate of drug-likeness (QED) is 0.106. The molecular formula is C33H29IO3. The van der Waals surface area contributed by atoms with Gasteiger partial charge in [-0.3, -0.25) is 0 Å². The maximum Gasteiger partial charge on any atom is 0.339 e. The predicted molar refractivity (Wildman–Crippen MR) is 162 cm³/mol. The molecule has 1 aromatic heterocycles. The van der Waals surface area contributed by atoms with Crippen molar-refractivity contribution in [3.8, 4) is 11.3 Å². The van der Waals surface area contributed by atoms with Gasteiger partial charge in [-0.1, -0.05) is 80.1 Å². The first-order valence-electron chi connectivity index (χ1n) is 12.7. The van der Waals surface area contributed by atoms with E-state index in [1.165, 1.54) is 10.9 Å². The van der Waals surface area contributed by atoms with Gasteiger partial charge >= 0.3 is 5.97 Å². The Balaban J connectivity index is 1.50. The summed E-state index contributed by atoms with van der Waals surface area (Å²) in [4.78, 5) is 12.7. The van der Waals surface area contributed by atoms with E-state index in [4.69, 9.17) is 9.15 Å². The normalized spacial score (nSPS) is 11.7. The first-order valence-corrected chi connectivity index (χ1v) is 13.7. The zero-order valence-electron chi connectivity index (χ0n) is 21.3. The van der Waals surface area contributed by atoms with Gasteiger partial charge in [-0.25, -0.2) is 4.79 Å². The summed E-state index contributed by atoms with van der Waals surface area (Å²) in [5.74, 6) is 0.574. The zero-order valence-corrected chi connectivity index (χ0v) is 23.4. The van der Waals surface area contributed by atoms with Crippen LogP contribution >= 0.6 is 22.6 Å². The average molecular weight is 600 g/mol. The third kappa shape index (κ3) is 5.49. The van der Waals surface area contributed by atoms with Gasteiger partial charge in [0.15, 0.2) is 0 Å². The van der Waals surface area contributed by atoms with E-state index in [0.29, 0.717) is 5.56 Å². The smallest absolute Gasteiger partial charge is 0.339 e. The van der Waals surface area contributed by atoms with Gasteiger partial charge in [-0.15, -0.1) is 0 Å². The van der Waals surface area contributed by atoms with Crippen molar-refractivity contribution in [3.05, 3.63) is 105 Å². The number of hydrogen-bond acceptors (Lipinski definition) is 3. The molecule has 0 saturated heterocycles. The van der Waals surface area contributed by atoms with Gasteiger partial charge < -0.3 is 9.15 Å². The zero-order chi connectivity index (χ0) is 25.9. The average Bonchev–Trinajstić information content (AvgIpc) is 3.33. The van der Waals surface area contributed by atoms with Crippen molar-refractivity contribution >= 4 is 62.5 Å². The van der Waals surface area contributed by atoms with Gasteiger partial charge in [0.25, 0.3) is 0 Å². The summed E-state index contributed by atoms with van der Waals surface area (Å²) in [6, 6.07) is 27.0. The summed E-state index contributed by atoms with van der Waals surface area (Å²) in [7, 11) is 0. The van der Waals surface area contributed by atoms with Gasteiger partial charge in [0.2, 0.25) is 0 Å². The van der Waals surface area contributed by atoms with Crippen LogP contribution in [-0.2, 0) is 11.2 Å². The fourth-order valence-electron chi connectivity index (χ4n) is 4.63. The monoisotopic (exact) mass is 600 g/mol. The van der Waals surface area contributed by atoms with Crippen LogP contribution in [0.3, 0.4) is 0 Å². The molecule has 0 bridgehead atoms. The fourth-order valence-corrected chi connectivity index (χ4v) is 5.12. The lowest BCUT2D eigenvalue weighted by molar-refractivity contribution is 0.0377. The SMILES string of the molecule is CCCc1cc(-c2cc3ccc4ccccc4c3o2)ccc1C=Cc1ccc(I)cc1C(=O)OC(C)C. The van der Waals surface area contributed by atoms with Crippen molar-refractivity contribution in [2.75, 3.05) is 0 Å². The van der Waals surface area contributed by atoms with Crippen LogP contribution in [0.25, 0.3) is 45.2 Å². The Morgan fingerprint density at radius 2 is 1.68 bits per heavy atom. The number of halogens is 1. The van der Waals surface area contributed by atoms with Crippen molar-refractivity contribution in [2.45, 2.75) is 39.7 Å². The summed E-state index contributed by atoms with van der Waals surface area (Å²) in [6.07, 6.45) is 5.92. The lowest BCUT2D eigenvalue weighted by Gasteiger charge is -2.11. The van der Waals surface area contributed by atoms with E-state index in [2.05, 4.69) is 84.1 Å². The Hall–Kier alpha value is -3.38. The highest BCUT2D eigenvalue weighted by molar-refractivity contribution is 14.1. The Morgan fingerprint density at radius 1 is 0.919 bits per heavy atom. The Labute approximate surface area is 231 Å². The molecule has 186 valence electrons. The molecule has 3 nitrogen and oxygen atoms in total. The number of carbonyl (C=O) groups is 1. The standard InChI is InChI=1S/C33H29IO3/c1-4-7-25-18-26(31-19-27-15-13-23-8-5-6-9-29(23)32(27)37-31)14-11-22(25)10-12-24-16-17-28(34)20-30(24)33(35)36-21(2)3/h5-6,8-21H,4,7H2,1-3H3. The molecule has 0 N–H and O–H groups in total. The predicted octanol–water partition coefficient (Wildman–Crippen LogP) is 9.55. The molecule has 5 rings (SSSR count). The molecule has 0 spiro atoms. The minimum absolute atomic E-state index is 0.165. The number of ether oxygens (including phenoxy) is 1. The largest absolute Gasteiger partial charge is 0.459 e. The van der Waals surface area contributed by atoms with Crippen LogP contribution in [0.5, 0.6) is 0 Å². The number of aryl methyl sites for hydroxylation is 1. The van der Waals surface area contributed by atoms with Gasteiger partial charge in [-0.05, 0) is 89.2 Å². The van der Waals surface area contributed by atoms with Crippen molar-refractivity contribution in [3.63, 3.8) is 0 Å². The highest BCUT2D eigenvalue weighted by Crippen LogP contribution is 2.34.